The highest BCUT2D eigenvalue weighted by atomic mass is 32.2. The lowest BCUT2D eigenvalue weighted by Gasteiger charge is -2.13. The Balaban J connectivity index is 1.49. The maximum Gasteiger partial charge on any atom is 0.308 e. The van der Waals surface area contributed by atoms with E-state index in [0.717, 1.165) is 10.1 Å². The average molecular weight is 533 g/mol. The molecular weight excluding hydrogens is 508 g/mol. The molecule has 0 saturated heterocycles. The zero-order chi connectivity index (χ0) is 25.2. The van der Waals surface area contributed by atoms with Crippen LogP contribution in [0.3, 0.4) is 0 Å². The Bertz CT molecular complexity index is 1170. The van der Waals surface area contributed by atoms with Crippen molar-refractivity contribution in [3.63, 3.8) is 0 Å². The fraction of sp³-hybridized carbons (Fsp3) is 0.261. The molecule has 0 atom stereocenters. The number of carbonyl (C=O) groups is 2. The Kier molecular flexibility index (Phi) is 9.94. The molecule has 0 aliphatic rings. The lowest BCUT2D eigenvalue weighted by Crippen LogP contribution is -2.19. The van der Waals surface area contributed by atoms with Gasteiger partial charge in [0, 0.05) is 18.2 Å². The van der Waals surface area contributed by atoms with Crippen molar-refractivity contribution in [1.29, 1.82) is 0 Å². The molecule has 1 amide bonds. The number of methoxy groups -OCH3 is 2. The van der Waals surface area contributed by atoms with Crippen LogP contribution in [0.5, 0.6) is 17.2 Å². The van der Waals surface area contributed by atoms with Gasteiger partial charge in [-0.05, 0) is 24.6 Å². The second-order valence-electron chi connectivity index (χ2n) is 7.04. The monoisotopic (exact) mass is 532 g/mol. The molecule has 3 rings (SSSR count). The van der Waals surface area contributed by atoms with E-state index in [1.807, 2.05) is 0 Å². The summed E-state index contributed by atoms with van der Waals surface area (Å²) in [7, 11) is 2.89. The number of esters is 1. The van der Waals surface area contributed by atoms with E-state index in [4.69, 9.17) is 14.2 Å². The van der Waals surface area contributed by atoms with Crippen molar-refractivity contribution >= 4 is 53.0 Å². The molecule has 0 bridgehead atoms. The summed E-state index contributed by atoms with van der Waals surface area (Å²) in [5.41, 5.74) is 5.51. The lowest BCUT2D eigenvalue weighted by molar-refractivity contribution is -0.132. The smallest absolute Gasteiger partial charge is 0.308 e. The number of aromatic nitrogens is 2. The van der Waals surface area contributed by atoms with E-state index in [1.54, 1.807) is 23.9 Å². The van der Waals surface area contributed by atoms with Gasteiger partial charge in [-0.1, -0.05) is 64.7 Å². The van der Waals surface area contributed by atoms with Crippen LogP contribution in [-0.2, 0) is 15.3 Å². The molecule has 0 radical (unpaired) electrons. The number of nitrogens with zero attached hydrogens (tertiary/aromatic N) is 3. The Labute approximate surface area is 215 Å². The van der Waals surface area contributed by atoms with Gasteiger partial charge in [0.2, 0.25) is 5.75 Å². The highest BCUT2D eigenvalue weighted by molar-refractivity contribution is 8.03. The number of hydrazone groups is 1. The third-order valence-corrected chi connectivity index (χ3v) is 7.59. The Morgan fingerprint density at radius 1 is 1.06 bits per heavy atom. The number of benzene rings is 2. The fourth-order valence-corrected chi connectivity index (χ4v) is 5.47. The molecule has 0 aliphatic carbocycles. The number of aryl methyl sites for hydroxylation is 1. The number of ether oxygens (including phenoxy) is 3. The minimum Gasteiger partial charge on any atom is -0.493 e. The summed E-state index contributed by atoms with van der Waals surface area (Å²) in [6.45, 7) is 3.35. The van der Waals surface area contributed by atoms with Gasteiger partial charge in [0.05, 0.1) is 26.2 Å². The molecule has 1 N–H and O–H groups in total. The highest BCUT2D eigenvalue weighted by Crippen LogP contribution is 2.38. The first-order valence-electron chi connectivity index (χ1n) is 10.3. The summed E-state index contributed by atoms with van der Waals surface area (Å²) in [4.78, 5) is 23.5. The number of thioether (sulfide) groups is 2. The number of amides is 1. The predicted molar refractivity (Wildman–Crippen MR) is 138 cm³/mol. The van der Waals surface area contributed by atoms with Gasteiger partial charge in [0.15, 0.2) is 20.2 Å². The van der Waals surface area contributed by atoms with Crippen LogP contribution < -0.4 is 19.6 Å². The van der Waals surface area contributed by atoms with Gasteiger partial charge in [-0.25, -0.2) is 5.43 Å². The number of hydrogen-bond acceptors (Lipinski definition) is 11. The van der Waals surface area contributed by atoms with Crippen LogP contribution in [0.25, 0.3) is 0 Å². The van der Waals surface area contributed by atoms with Gasteiger partial charge in [-0.2, -0.15) is 5.10 Å². The van der Waals surface area contributed by atoms with E-state index in [2.05, 4.69) is 51.9 Å². The van der Waals surface area contributed by atoms with Crippen LogP contribution in [0.15, 0.2) is 50.2 Å². The van der Waals surface area contributed by atoms with Crippen LogP contribution in [0, 0.1) is 6.92 Å². The predicted octanol–water partition coefficient (Wildman–Crippen LogP) is 4.32. The van der Waals surface area contributed by atoms with Gasteiger partial charge in [-0.3, -0.25) is 9.59 Å². The molecule has 2 aromatic carbocycles. The maximum absolute atomic E-state index is 12.2. The van der Waals surface area contributed by atoms with Crippen LogP contribution >= 0.6 is 34.9 Å². The molecule has 0 unspecified atom stereocenters. The summed E-state index contributed by atoms with van der Waals surface area (Å²) in [6.07, 6.45) is 1.44. The first-order chi connectivity index (χ1) is 16.9. The van der Waals surface area contributed by atoms with Gasteiger partial charge in [0.25, 0.3) is 5.91 Å². The summed E-state index contributed by atoms with van der Waals surface area (Å²) in [5, 5.41) is 12.3. The minimum atomic E-state index is -0.500. The first-order valence-corrected chi connectivity index (χ1v) is 13.1. The maximum atomic E-state index is 12.2. The van der Waals surface area contributed by atoms with Crippen LogP contribution in [0.2, 0.25) is 0 Å². The summed E-state index contributed by atoms with van der Waals surface area (Å²) < 4.78 is 17.3. The largest absolute Gasteiger partial charge is 0.493 e. The van der Waals surface area contributed by atoms with E-state index in [1.165, 1.54) is 61.6 Å². The third-order valence-electron chi connectivity index (χ3n) is 4.33. The fourth-order valence-electron chi connectivity index (χ4n) is 2.70. The van der Waals surface area contributed by atoms with Crippen molar-refractivity contribution in [3.05, 3.63) is 53.1 Å². The quantitative estimate of drug-likeness (QED) is 0.127. The van der Waals surface area contributed by atoms with Crippen molar-refractivity contribution in [2.45, 2.75) is 28.3 Å². The van der Waals surface area contributed by atoms with Gasteiger partial charge >= 0.3 is 5.97 Å². The van der Waals surface area contributed by atoms with Crippen LogP contribution in [0.4, 0.5) is 0 Å². The van der Waals surface area contributed by atoms with E-state index in [-0.39, 0.29) is 17.4 Å². The molecule has 9 nitrogen and oxygen atoms in total. The molecule has 3 aromatic rings. The number of rotatable bonds is 11. The molecule has 12 heteroatoms. The molecular formula is C23H24N4O5S3. The Morgan fingerprint density at radius 3 is 2.29 bits per heavy atom. The van der Waals surface area contributed by atoms with Crippen molar-refractivity contribution in [1.82, 2.24) is 15.6 Å². The van der Waals surface area contributed by atoms with E-state index >= 15 is 0 Å². The van der Waals surface area contributed by atoms with Crippen molar-refractivity contribution in [2.75, 3.05) is 20.0 Å². The molecule has 0 aliphatic heterocycles. The SMILES string of the molecule is COc1cc(C=NNC(=O)CSc2nnc(SCc3ccc(C)cc3)s2)cc(OC)c1OC(C)=O. The van der Waals surface area contributed by atoms with Gasteiger partial charge < -0.3 is 14.2 Å². The van der Waals surface area contributed by atoms with Gasteiger partial charge in [-0.15, -0.1) is 10.2 Å². The van der Waals surface area contributed by atoms with E-state index < -0.39 is 5.97 Å². The highest BCUT2D eigenvalue weighted by Gasteiger charge is 2.16. The second kappa shape index (κ2) is 13.1. The Morgan fingerprint density at radius 2 is 1.69 bits per heavy atom. The normalized spacial score (nSPS) is 10.9. The Hall–Kier alpha value is -3.09. The standard InChI is InChI=1S/C23H24N4O5S3/c1-14-5-7-16(8-6-14)12-33-22-26-27-23(35-22)34-13-20(29)25-24-11-17-9-18(30-3)21(32-15(2)28)19(10-17)31-4/h5-11H,12-13H2,1-4H3,(H,25,29). The molecule has 0 fully saturated rings. The van der Waals surface area contributed by atoms with Gasteiger partial charge in [0.1, 0.15) is 0 Å². The van der Waals surface area contributed by atoms with Crippen molar-refractivity contribution in [3.8, 4) is 17.2 Å². The molecule has 35 heavy (non-hydrogen) atoms. The van der Waals surface area contributed by atoms with E-state index in [9.17, 15) is 9.59 Å². The molecule has 0 saturated carbocycles. The number of carbonyl (C=O) groups excluding carboxylic acids is 2. The zero-order valence-corrected chi connectivity index (χ0v) is 22.0. The third kappa shape index (κ3) is 8.26. The minimum absolute atomic E-state index is 0.145. The topological polar surface area (TPSA) is 112 Å². The molecule has 1 aromatic heterocycles. The summed E-state index contributed by atoms with van der Waals surface area (Å²) in [6, 6.07) is 11.6. The molecule has 0 spiro atoms. The second-order valence-corrected chi connectivity index (χ2v) is 10.5. The van der Waals surface area contributed by atoms with Crippen LogP contribution in [-0.4, -0.2) is 48.3 Å². The van der Waals surface area contributed by atoms with Crippen molar-refractivity contribution in [2.24, 2.45) is 5.10 Å². The zero-order valence-electron chi connectivity index (χ0n) is 19.6. The van der Waals surface area contributed by atoms with Crippen molar-refractivity contribution < 1.29 is 23.8 Å². The van der Waals surface area contributed by atoms with E-state index in [0.29, 0.717) is 21.4 Å². The summed E-state index contributed by atoms with van der Waals surface area (Å²) in [5.74, 6) is 0.948. The lowest BCUT2D eigenvalue weighted by atomic mass is 10.2. The number of hydrogen-bond donors (Lipinski definition) is 1. The summed E-state index contributed by atoms with van der Waals surface area (Å²) >= 11 is 4.36. The van der Waals surface area contributed by atoms with Crippen LogP contribution in [0.1, 0.15) is 23.6 Å². The molecule has 184 valence electrons. The number of nitrogens with one attached hydrogen (secondary N) is 1. The first kappa shape index (κ1) is 26.5. The average Bonchev–Trinajstić information content (AvgIpc) is 3.30. The molecule has 1 heterocycles.